The molecule has 0 saturated carbocycles. The van der Waals surface area contributed by atoms with E-state index in [-0.39, 0.29) is 0 Å². The summed E-state index contributed by atoms with van der Waals surface area (Å²) in [6.45, 7) is 0. The normalized spacial score (nSPS) is 11.8. The average molecular weight is 617 g/mol. The van der Waals surface area contributed by atoms with E-state index in [1.165, 1.54) is 10.8 Å². The van der Waals surface area contributed by atoms with Gasteiger partial charge in [-0.25, -0.2) is 15.0 Å². The van der Waals surface area contributed by atoms with Gasteiger partial charge in [0.05, 0.1) is 6.20 Å². The lowest BCUT2D eigenvalue weighted by molar-refractivity contribution is 0.668. The first-order chi connectivity index (χ1) is 23.8. The molecule has 48 heavy (non-hydrogen) atoms. The molecule has 224 valence electrons. The Morgan fingerprint density at radius 1 is 0.396 bits per heavy atom. The zero-order valence-electron chi connectivity index (χ0n) is 25.5. The number of hydrogen-bond acceptors (Lipinski definition) is 6. The van der Waals surface area contributed by atoms with Crippen LogP contribution < -0.4 is 0 Å². The molecule has 6 aromatic carbocycles. The van der Waals surface area contributed by atoms with Crippen LogP contribution in [-0.4, -0.2) is 19.9 Å². The minimum absolute atomic E-state index is 0.514. The standard InChI is InChI=1S/C42H24N4O2/c1-2-11-26(12-3-1)40-44-41(32-17-9-19-35-37(32)30-14-6-7-18-34(30)47-35)46-42(45-40)33-23-43-24-36-38(33)31-16-8-15-29(39(31)48-36)28-21-20-25-10-4-5-13-27(25)22-28/h1-24H. The Hall–Kier alpha value is -6.66. The summed E-state index contributed by atoms with van der Waals surface area (Å²) < 4.78 is 12.8. The summed E-state index contributed by atoms with van der Waals surface area (Å²) in [5.41, 5.74) is 7.69. The Morgan fingerprint density at radius 3 is 2.00 bits per heavy atom. The molecule has 0 unspecified atom stereocenters. The average Bonchev–Trinajstić information content (AvgIpc) is 3.73. The third-order valence-electron chi connectivity index (χ3n) is 9.02. The molecule has 0 aliphatic carbocycles. The molecule has 0 amide bonds. The fourth-order valence-electron chi connectivity index (χ4n) is 6.80. The summed E-state index contributed by atoms with van der Waals surface area (Å²) in [6.07, 6.45) is 3.59. The monoisotopic (exact) mass is 616 g/mol. The van der Waals surface area contributed by atoms with Crippen LogP contribution in [0.25, 0.3) is 99.9 Å². The van der Waals surface area contributed by atoms with Gasteiger partial charge in [0.25, 0.3) is 0 Å². The van der Waals surface area contributed by atoms with E-state index in [0.717, 1.165) is 66.1 Å². The van der Waals surface area contributed by atoms with Crippen molar-refractivity contribution < 1.29 is 8.83 Å². The molecule has 4 heterocycles. The smallest absolute Gasteiger partial charge is 0.166 e. The maximum atomic E-state index is 6.59. The predicted octanol–water partition coefficient (Wildman–Crippen LogP) is 10.9. The van der Waals surface area contributed by atoms with Crippen LogP contribution >= 0.6 is 0 Å². The fourth-order valence-corrected chi connectivity index (χ4v) is 6.80. The first-order valence-corrected chi connectivity index (χ1v) is 15.8. The van der Waals surface area contributed by atoms with Crippen molar-refractivity contribution >= 4 is 54.6 Å². The molecule has 0 atom stereocenters. The van der Waals surface area contributed by atoms with Gasteiger partial charge < -0.3 is 8.83 Å². The van der Waals surface area contributed by atoms with Crippen molar-refractivity contribution in [2.75, 3.05) is 0 Å². The van der Waals surface area contributed by atoms with Gasteiger partial charge in [-0.05, 0) is 34.5 Å². The zero-order valence-corrected chi connectivity index (χ0v) is 25.5. The zero-order chi connectivity index (χ0) is 31.6. The molecule has 10 aromatic rings. The number of fused-ring (bicyclic) bond motifs is 7. The van der Waals surface area contributed by atoms with Crippen molar-refractivity contribution in [1.29, 1.82) is 0 Å². The first kappa shape index (κ1) is 26.5. The molecule has 0 fully saturated rings. The van der Waals surface area contributed by atoms with Gasteiger partial charge in [-0.3, -0.25) is 4.98 Å². The molecular weight excluding hydrogens is 592 g/mol. The lowest BCUT2D eigenvalue weighted by atomic mass is 9.98. The van der Waals surface area contributed by atoms with E-state index < -0.39 is 0 Å². The molecule has 0 bridgehead atoms. The second-order valence-corrected chi connectivity index (χ2v) is 11.9. The highest BCUT2D eigenvalue weighted by Crippen LogP contribution is 2.41. The molecule has 0 radical (unpaired) electrons. The molecule has 4 aromatic heterocycles. The van der Waals surface area contributed by atoms with Crippen molar-refractivity contribution in [2.24, 2.45) is 0 Å². The Morgan fingerprint density at radius 2 is 1.08 bits per heavy atom. The van der Waals surface area contributed by atoms with Crippen LogP contribution in [0.5, 0.6) is 0 Å². The molecular formula is C42H24N4O2. The van der Waals surface area contributed by atoms with Gasteiger partial charge in [0.15, 0.2) is 23.1 Å². The Balaban J connectivity index is 1.23. The summed E-state index contributed by atoms with van der Waals surface area (Å²) in [7, 11) is 0. The molecule has 0 aliphatic heterocycles. The Kier molecular flexibility index (Phi) is 5.77. The highest BCUT2D eigenvalue weighted by atomic mass is 16.3. The van der Waals surface area contributed by atoms with Crippen LogP contribution in [0, 0.1) is 0 Å². The first-order valence-electron chi connectivity index (χ1n) is 15.8. The summed E-state index contributed by atoms with van der Waals surface area (Å²) in [5, 5.41) is 6.23. The minimum Gasteiger partial charge on any atom is -0.456 e. The number of pyridine rings is 1. The largest absolute Gasteiger partial charge is 0.456 e. The number of aromatic nitrogens is 4. The van der Waals surface area contributed by atoms with Gasteiger partial charge in [0.1, 0.15) is 16.7 Å². The van der Waals surface area contributed by atoms with E-state index in [0.29, 0.717) is 23.1 Å². The van der Waals surface area contributed by atoms with Gasteiger partial charge in [0.2, 0.25) is 0 Å². The summed E-state index contributed by atoms with van der Waals surface area (Å²) in [6, 6.07) is 45.2. The third-order valence-corrected chi connectivity index (χ3v) is 9.02. The van der Waals surface area contributed by atoms with E-state index in [4.69, 9.17) is 23.8 Å². The van der Waals surface area contributed by atoms with Crippen LogP contribution in [0.4, 0.5) is 0 Å². The van der Waals surface area contributed by atoms with E-state index >= 15 is 0 Å². The second-order valence-electron chi connectivity index (χ2n) is 11.9. The van der Waals surface area contributed by atoms with Crippen LogP contribution in [0.1, 0.15) is 0 Å². The second kappa shape index (κ2) is 10.4. The van der Waals surface area contributed by atoms with Crippen molar-refractivity contribution in [1.82, 2.24) is 19.9 Å². The topological polar surface area (TPSA) is 77.8 Å². The lowest BCUT2D eigenvalue weighted by Crippen LogP contribution is -2.01. The molecule has 0 spiro atoms. The quantitative estimate of drug-likeness (QED) is 0.196. The molecule has 0 saturated heterocycles. The van der Waals surface area contributed by atoms with Crippen molar-refractivity contribution in [3.63, 3.8) is 0 Å². The van der Waals surface area contributed by atoms with Gasteiger partial charge in [0, 0.05) is 50.0 Å². The maximum absolute atomic E-state index is 6.59. The third kappa shape index (κ3) is 4.13. The molecule has 6 nitrogen and oxygen atoms in total. The van der Waals surface area contributed by atoms with Crippen LogP contribution in [-0.2, 0) is 0 Å². The molecule has 0 N–H and O–H groups in total. The van der Waals surface area contributed by atoms with Gasteiger partial charge in [-0.2, -0.15) is 0 Å². The van der Waals surface area contributed by atoms with Gasteiger partial charge in [-0.15, -0.1) is 0 Å². The van der Waals surface area contributed by atoms with Crippen LogP contribution in [0.2, 0.25) is 0 Å². The summed E-state index contributed by atoms with van der Waals surface area (Å²) in [5.74, 6) is 1.64. The van der Waals surface area contributed by atoms with Crippen molar-refractivity contribution in [3.05, 3.63) is 146 Å². The summed E-state index contributed by atoms with van der Waals surface area (Å²) >= 11 is 0. The highest BCUT2D eigenvalue weighted by molar-refractivity contribution is 6.15. The number of benzene rings is 6. The number of furan rings is 2. The maximum Gasteiger partial charge on any atom is 0.166 e. The number of nitrogens with zero attached hydrogens (tertiary/aromatic N) is 4. The number of para-hydroxylation sites is 2. The van der Waals surface area contributed by atoms with E-state index in [1.807, 2.05) is 72.9 Å². The van der Waals surface area contributed by atoms with E-state index in [9.17, 15) is 0 Å². The fraction of sp³-hybridized carbons (Fsp3) is 0. The Bertz CT molecular complexity index is 2850. The van der Waals surface area contributed by atoms with Crippen molar-refractivity contribution in [3.8, 4) is 45.3 Å². The molecule has 10 rings (SSSR count). The SMILES string of the molecule is c1ccc(-c2nc(-c3cccc4oc5ccccc5c34)nc(-c3cncc4oc5c(-c6ccc7ccccc7c6)cccc5c34)n2)cc1. The van der Waals surface area contributed by atoms with E-state index in [2.05, 4.69) is 71.7 Å². The van der Waals surface area contributed by atoms with E-state index in [1.54, 1.807) is 6.20 Å². The number of hydrogen-bond donors (Lipinski definition) is 0. The number of rotatable bonds is 4. The minimum atomic E-state index is 0.514. The lowest BCUT2D eigenvalue weighted by Gasteiger charge is -2.10. The highest BCUT2D eigenvalue weighted by Gasteiger charge is 2.21. The van der Waals surface area contributed by atoms with Crippen LogP contribution in [0.3, 0.4) is 0 Å². The molecule has 0 aliphatic rings. The predicted molar refractivity (Wildman–Crippen MR) is 191 cm³/mol. The van der Waals surface area contributed by atoms with Gasteiger partial charge in [-0.1, -0.05) is 115 Å². The van der Waals surface area contributed by atoms with Gasteiger partial charge >= 0.3 is 0 Å². The van der Waals surface area contributed by atoms with Crippen LogP contribution in [0.15, 0.2) is 155 Å². The summed E-state index contributed by atoms with van der Waals surface area (Å²) in [4.78, 5) is 19.8. The Labute approximate surface area is 274 Å². The molecule has 6 heteroatoms. The van der Waals surface area contributed by atoms with Crippen molar-refractivity contribution in [2.45, 2.75) is 0 Å².